The number of rotatable bonds is 6. The molecule has 0 saturated heterocycles. The van der Waals surface area contributed by atoms with Gasteiger partial charge in [-0.25, -0.2) is 0 Å². The average molecular weight is 233 g/mol. The lowest BCUT2D eigenvalue weighted by molar-refractivity contribution is 0.233. The molecule has 0 aliphatic heterocycles. The molecule has 1 N–H and O–H groups in total. The van der Waals surface area contributed by atoms with Crippen molar-refractivity contribution >= 4 is 0 Å². The average Bonchev–Trinajstić information content (AvgIpc) is 2.28. The molecule has 0 aromatic heterocycles. The van der Waals surface area contributed by atoms with Gasteiger partial charge in [0, 0.05) is 6.04 Å². The molecule has 0 bridgehead atoms. The van der Waals surface area contributed by atoms with Crippen LogP contribution in [0.3, 0.4) is 0 Å². The molecule has 1 aliphatic carbocycles. The number of benzene rings is 1. The number of hydrogen-bond donors (Lipinski definition) is 1. The topological polar surface area (TPSA) is 21.3 Å². The Bertz CT molecular complexity index is 329. The highest BCUT2D eigenvalue weighted by Crippen LogP contribution is 2.37. The summed E-state index contributed by atoms with van der Waals surface area (Å²) in [4.78, 5) is 0. The molecule has 1 aliphatic rings. The molecule has 1 aromatic rings. The zero-order valence-electron chi connectivity index (χ0n) is 10.9. The summed E-state index contributed by atoms with van der Waals surface area (Å²) in [5.74, 6) is 1.80. The van der Waals surface area contributed by atoms with E-state index >= 15 is 0 Å². The fourth-order valence-electron chi connectivity index (χ4n) is 2.49. The van der Waals surface area contributed by atoms with Crippen molar-refractivity contribution in [3.05, 3.63) is 29.8 Å². The van der Waals surface area contributed by atoms with Gasteiger partial charge in [-0.05, 0) is 49.9 Å². The predicted octanol–water partition coefficient (Wildman–Crippen LogP) is 3.54. The van der Waals surface area contributed by atoms with Crippen LogP contribution in [0.25, 0.3) is 0 Å². The molecule has 0 radical (unpaired) electrons. The van der Waals surface area contributed by atoms with Gasteiger partial charge in [-0.2, -0.15) is 0 Å². The van der Waals surface area contributed by atoms with Crippen molar-refractivity contribution in [2.45, 2.75) is 39.2 Å². The van der Waals surface area contributed by atoms with Crippen LogP contribution in [-0.2, 0) is 0 Å². The van der Waals surface area contributed by atoms with Gasteiger partial charge < -0.3 is 10.1 Å². The van der Waals surface area contributed by atoms with Gasteiger partial charge in [0.05, 0.1) is 6.61 Å². The first kappa shape index (κ1) is 12.4. The number of hydrogen-bond acceptors (Lipinski definition) is 2. The third-order valence-corrected chi connectivity index (χ3v) is 3.60. The minimum absolute atomic E-state index is 0.532. The Kier molecular flexibility index (Phi) is 4.43. The van der Waals surface area contributed by atoms with Crippen LogP contribution >= 0.6 is 0 Å². The summed E-state index contributed by atoms with van der Waals surface area (Å²) in [5.41, 5.74) is 1.40. The molecular formula is C15H23NO. The molecule has 1 atom stereocenters. The smallest absolute Gasteiger partial charge is 0.119 e. The lowest BCUT2D eigenvalue weighted by atomic mass is 9.77. The third kappa shape index (κ3) is 3.01. The number of ether oxygens (including phenoxy) is 1. The molecule has 1 fully saturated rings. The summed E-state index contributed by atoms with van der Waals surface area (Å²) < 4.78 is 5.48. The molecule has 2 heteroatoms. The molecule has 1 aromatic carbocycles. The Morgan fingerprint density at radius 1 is 1.24 bits per heavy atom. The van der Waals surface area contributed by atoms with E-state index in [1.165, 1.54) is 24.8 Å². The van der Waals surface area contributed by atoms with E-state index in [1.807, 2.05) is 6.92 Å². The first-order valence-electron chi connectivity index (χ1n) is 6.81. The maximum atomic E-state index is 5.48. The van der Waals surface area contributed by atoms with Crippen LogP contribution in [-0.4, -0.2) is 13.2 Å². The molecule has 0 amide bonds. The minimum Gasteiger partial charge on any atom is -0.494 e. The molecule has 2 nitrogen and oxygen atoms in total. The molecule has 0 heterocycles. The van der Waals surface area contributed by atoms with E-state index in [-0.39, 0.29) is 0 Å². The van der Waals surface area contributed by atoms with Crippen molar-refractivity contribution < 1.29 is 4.74 Å². The standard InChI is InChI=1S/C15H23NO/c1-3-16-15(12-6-5-7-12)13-8-10-14(11-9-13)17-4-2/h8-12,15-16H,3-7H2,1-2H3. The second-order valence-electron chi connectivity index (χ2n) is 4.73. The van der Waals surface area contributed by atoms with Gasteiger partial charge in [-0.3, -0.25) is 0 Å². The fraction of sp³-hybridized carbons (Fsp3) is 0.600. The monoisotopic (exact) mass is 233 g/mol. The second-order valence-corrected chi connectivity index (χ2v) is 4.73. The Morgan fingerprint density at radius 3 is 2.41 bits per heavy atom. The van der Waals surface area contributed by atoms with E-state index in [1.54, 1.807) is 0 Å². The van der Waals surface area contributed by atoms with E-state index < -0.39 is 0 Å². The van der Waals surface area contributed by atoms with Crippen molar-refractivity contribution in [3.63, 3.8) is 0 Å². The largest absolute Gasteiger partial charge is 0.494 e. The Hall–Kier alpha value is -1.02. The number of nitrogens with one attached hydrogen (secondary N) is 1. The Labute approximate surface area is 104 Å². The lowest BCUT2D eigenvalue weighted by Crippen LogP contribution is -2.32. The summed E-state index contributed by atoms with van der Waals surface area (Å²) in [6, 6.07) is 9.11. The normalized spacial score (nSPS) is 17.5. The summed E-state index contributed by atoms with van der Waals surface area (Å²) in [5, 5.41) is 3.61. The minimum atomic E-state index is 0.532. The van der Waals surface area contributed by atoms with Crippen LogP contribution in [0, 0.1) is 5.92 Å². The van der Waals surface area contributed by atoms with Gasteiger partial charge in [0.2, 0.25) is 0 Å². The van der Waals surface area contributed by atoms with E-state index in [4.69, 9.17) is 4.74 Å². The first-order valence-corrected chi connectivity index (χ1v) is 6.81. The summed E-state index contributed by atoms with van der Waals surface area (Å²) in [7, 11) is 0. The zero-order chi connectivity index (χ0) is 12.1. The van der Waals surface area contributed by atoms with E-state index in [0.717, 1.165) is 24.8 Å². The Morgan fingerprint density at radius 2 is 1.94 bits per heavy atom. The van der Waals surface area contributed by atoms with Gasteiger partial charge in [0.15, 0.2) is 0 Å². The van der Waals surface area contributed by atoms with Gasteiger partial charge >= 0.3 is 0 Å². The van der Waals surface area contributed by atoms with Gasteiger partial charge in [0.1, 0.15) is 5.75 Å². The Balaban J connectivity index is 2.06. The predicted molar refractivity (Wildman–Crippen MR) is 71.4 cm³/mol. The van der Waals surface area contributed by atoms with Crippen LogP contribution in [0.2, 0.25) is 0 Å². The van der Waals surface area contributed by atoms with Crippen LogP contribution in [0.15, 0.2) is 24.3 Å². The molecule has 1 saturated carbocycles. The molecule has 17 heavy (non-hydrogen) atoms. The molecular weight excluding hydrogens is 210 g/mol. The van der Waals surface area contributed by atoms with Crippen LogP contribution in [0.1, 0.15) is 44.7 Å². The van der Waals surface area contributed by atoms with Crippen molar-refractivity contribution in [2.24, 2.45) is 5.92 Å². The SMILES string of the molecule is CCNC(c1ccc(OCC)cc1)C1CCC1. The highest BCUT2D eigenvalue weighted by atomic mass is 16.5. The summed E-state index contributed by atoms with van der Waals surface area (Å²) in [6.07, 6.45) is 4.12. The van der Waals surface area contributed by atoms with Gasteiger partial charge in [0.25, 0.3) is 0 Å². The van der Waals surface area contributed by atoms with Crippen molar-refractivity contribution in [1.29, 1.82) is 0 Å². The molecule has 1 unspecified atom stereocenters. The van der Waals surface area contributed by atoms with Crippen LogP contribution in [0.5, 0.6) is 5.75 Å². The van der Waals surface area contributed by atoms with Gasteiger partial charge in [-0.1, -0.05) is 25.5 Å². The highest BCUT2D eigenvalue weighted by molar-refractivity contribution is 5.29. The van der Waals surface area contributed by atoms with E-state index in [2.05, 4.69) is 36.5 Å². The van der Waals surface area contributed by atoms with Crippen molar-refractivity contribution in [3.8, 4) is 5.75 Å². The molecule has 94 valence electrons. The van der Waals surface area contributed by atoms with Gasteiger partial charge in [-0.15, -0.1) is 0 Å². The third-order valence-electron chi connectivity index (χ3n) is 3.60. The first-order chi connectivity index (χ1) is 8.35. The maximum Gasteiger partial charge on any atom is 0.119 e. The molecule has 0 spiro atoms. The van der Waals surface area contributed by atoms with Crippen LogP contribution in [0.4, 0.5) is 0 Å². The second kappa shape index (κ2) is 6.06. The zero-order valence-corrected chi connectivity index (χ0v) is 10.9. The summed E-state index contributed by atoms with van der Waals surface area (Å²) >= 11 is 0. The maximum absolute atomic E-state index is 5.48. The quantitative estimate of drug-likeness (QED) is 0.811. The summed E-state index contributed by atoms with van der Waals surface area (Å²) in [6.45, 7) is 5.97. The fourth-order valence-corrected chi connectivity index (χ4v) is 2.49. The van der Waals surface area contributed by atoms with Crippen LogP contribution < -0.4 is 10.1 Å². The lowest BCUT2D eigenvalue weighted by Gasteiger charge is -2.34. The molecule has 2 rings (SSSR count). The van der Waals surface area contributed by atoms with E-state index in [9.17, 15) is 0 Å². The van der Waals surface area contributed by atoms with E-state index in [0.29, 0.717) is 6.04 Å². The van der Waals surface area contributed by atoms with Crippen molar-refractivity contribution in [2.75, 3.05) is 13.2 Å². The van der Waals surface area contributed by atoms with Crippen molar-refractivity contribution in [1.82, 2.24) is 5.32 Å². The highest BCUT2D eigenvalue weighted by Gasteiger charge is 2.27.